The van der Waals surface area contributed by atoms with E-state index >= 15 is 0 Å². The quantitative estimate of drug-likeness (QED) is 0.803. The molecule has 1 amide bonds. The molecule has 1 N–H and O–H groups in total. The van der Waals surface area contributed by atoms with E-state index in [9.17, 15) is 9.59 Å². The molecule has 0 bridgehead atoms. The topological polar surface area (TPSA) is 53.2 Å². The zero-order valence-electron chi connectivity index (χ0n) is 12.5. The SMILES string of the molecule is CC(=O)c1c[nH]c(C(=O)N(CC(C)C)CC(C)C)c1. The number of amides is 1. The average molecular weight is 264 g/mol. The zero-order valence-corrected chi connectivity index (χ0v) is 12.5. The number of Topliss-reactive ketones (excluding diaryl/α,β-unsaturated/α-hetero) is 1. The molecule has 0 spiro atoms. The Morgan fingerprint density at radius 3 is 2.05 bits per heavy atom. The molecular formula is C15H24N2O2. The fourth-order valence-electron chi connectivity index (χ4n) is 2.01. The minimum atomic E-state index is -0.0328. The number of aromatic nitrogens is 1. The van der Waals surface area contributed by atoms with Crippen molar-refractivity contribution in [3.8, 4) is 0 Å². The average Bonchev–Trinajstić information content (AvgIpc) is 2.75. The molecule has 0 saturated heterocycles. The van der Waals surface area contributed by atoms with Crippen LogP contribution in [-0.4, -0.2) is 34.7 Å². The molecule has 1 aromatic rings. The number of nitrogens with one attached hydrogen (secondary N) is 1. The smallest absolute Gasteiger partial charge is 0.270 e. The minimum absolute atomic E-state index is 0.0325. The molecule has 4 nitrogen and oxygen atoms in total. The second-order valence-corrected chi connectivity index (χ2v) is 5.86. The van der Waals surface area contributed by atoms with Gasteiger partial charge in [-0.05, 0) is 24.8 Å². The minimum Gasteiger partial charge on any atom is -0.356 e. The lowest BCUT2D eigenvalue weighted by atomic mass is 10.1. The van der Waals surface area contributed by atoms with E-state index in [2.05, 4.69) is 32.7 Å². The summed E-state index contributed by atoms with van der Waals surface area (Å²) in [6.07, 6.45) is 1.60. The maximum absolute atomic E-state index is 12.4. The first-order valence-electron chi connectivity index (χ1n) is 6.79. The van der Waals surface area contributed by atoms with Gasteiger partial charge in [0.1, 0.15) is 5.69 Å². The van der Waals surface area contributed by atoms with Gasteiger partial charge in [0.05, 0.1) is 0 Å². The Kier molecular flexibility index (Phi) is 5.33. The third-order valence-electron chi connectivity index (χ3n) is 2.78. The van der Waals surface area contributed by atoms with E-state index in [1.54, 1.807) is 12.3 Å². The molecule has 1 aromatic heterocycles. The molecule has 0 unspecified atom stereocenters. The van der Waals surface area contributed by atoms with E-state index < -0.39 is 0 Å². The summed E-state index contributed by atoms with van der Waals surface area (Å²) >= 11 is 0. The number of carbonyl (C=O) groups is 2. The summed E-state index contributed by atoms with van der Waals surface area (Å²) in [6, 6.07) is 1.64. The first kappa shape index (κ1) is 15.5. The van der Waals surface area contributed by atoms with Crippen LogP contribution < -0.4 is 0 Å². The molecule has 0 aliphatic carbocycles. The summed E-state index contributed by atoms with van der Waals surface area (Å²) in [7, 11) is 0. The van der Waals surface area contributed by atoms with Crippen molar-refractivity contribution in [3.63, 3.8) is 0 Å². The van der Waals surface area contributed by atoms with Gasteiger partial charge in [-0.15, -0.1) is 0 Å². The van der Waals surface area contributed by atoms with E-state index in [1.165, 1.54) is 6.92 Å². The molecule has 0 fully saturated rings. The van der Waals surface area contributed by atoms with Gasteiger partial charge in [-0.25, -0.2) is 0 Å². The number of hydrogen-bond donors (Lipinski definition) is 1. The maximum Gasteiger partial charge on any atom is 0.270 e. The van der Waals surface area contributed by atoms with E-state index in [-0.39, 0.29) is 11.7 Å². The molecule has 106 valence electrons. The van der Waals surface area contributed by atoms with Crippen LogP contribution in [-0.2, 0) is 0 Å². The second-order valence-electron chi connectivity index (χ2n) is 5.86. The number of aromatic amines is 1. The third-order valence-corrected chi connectivity index (χ3v) is 2.78. The summed E-state index contributed by atoms with van der Waals surface area (Å²) < 4.78 is 0. The lowest BCUT2D eigenvalue weighted by Gasteiger charge is -2.25. The van der Waals surface area contributed by atoms with Gasteiger partial charge in [0.15, 0.2) is 5.78 Å². The van der Waals surface area contributed by atoms with Crippen molar-refractivity contribution in [1.82, 2.24) is 9.88 Å². The van der Waals surface area contributed by atoms with Crippen molar-refractivity contribution < 1.29 is 9.59 Å². The lowest BCUT2D eigenvalue weighted by Crippen LogP contribution is -2.37. The molecule has 0 aliphatic heterocycles. The van der Waals surface area contributed by atoms with Gasteiger partial charge in [0, 0.05) is 24.8 Å². The monoisotopic (exact) mass is 264 g/mol. The number of ketones is 1. The van der Waals surface area contributed by atoms with Gasteiger partial charge in [-0.2, -0.15) is 0 Å². The maximum atomic E-state index is 12.4. The van der Waals surface area contributed by atoms with Crippen LogP contribution >= 0.6 is 0 Å². The van der Waals surface area contributed by atoms with Crippen molar-refractivity contribution >= 4 is 11.7 Å². The predicted molar refractivity (Wildman–Crippen MR) is 76.4 cm³/mol. The summed E-state index contributed by atoms with van der Waals surface area (Å²) in [5, 5.41) is 0. The first-order valence-corrected chi connectivity index (χ1v) is 6.79. The first-order chi connectivity index (χ1) is 8.81. The second kappa shape index (κ2) is 6.55. The number of hydrogen-bond acceptors (Lipinski definition) is 2. The van der Waals surface area contributed by atoms with Gasteiger partial charge in [0.25, 0.3) is 5.91 Å². The number of rotatable bonds is 6. The fourth-order valence-corrected chi connectivity index (χ4v) is 2.01. The highest BCUT2D eigenvalue weighted by atomic mass is 16.2. The van der Waals surface area contributed by atoms with Crippen LogP contribution in [0.15, 0.2) is 12.3 Å². The summed E-state index contributed by atoms with van der Waals surface area (Å²) in [4.78, 5) is 28.5. The molecule has 0 radical (unpaired) electrons. The van der Waals surface area contributed by atoms with Crippen molar-refractivity contribution in [2.24, 2.45) is 11.8 Å². The molecule has 0 aliphatic rings. The number of carbonyl (C=O) groups excluding carboxylic acids is 2. The molecule has 0 saturated carbocycles. The fraction of sp³-hybridized carbons (Fsp3) is 0.600. The van der Waals surface area contributed by atoms with Crippen molar-refractivity contribution in [3.05, 3.63) is 23.5 Å². The molecule has 0 atom stereocenters. The Labute approximate surface area is 115 Å². The van der Waals surface area contributed by atoms with E-state index in [0.717, 1.165) is 13.1 Å². The van der Waals surface area contributed by atoms with Gasteiger partial charge in [0.2, 0.25) is 0 Å². The molecule has 1 rings (SSSR count). The van der Waals surface area contributed by atoms with Crippen molar-refractivity contribution in [2.75, 3.05) is 13.1 Å². The van der Waals surface area contributed by atoms with Crippen LogP contribution in [0.2, 0.25) is 0 Å². The van der Waals surface area contributed by atoms with Crippen LogP contribution in [0.3, 0.4) is 0 Å². The lowest BCUT2D eigenvalue weighted by molar-refractivity contribution is 0.0710. The van der Waals surface area contributed by atoms with Crippen LogP contribution in [0, 0.1) is 11.8 Å². The van der Waals surface area contributed by atoms with Crippen LogP contribution in [0.1, 0.15) is 55.5 Å². The van der Waals surface area contributed by atoms with Gasteiger partial charge >= 0.3 is 0 Å². The van der Waals surface area contributed by atoms with Crippen LogP contribution in [0.4, 0.5) is 0 Å². The Morgan fingerprint density at radius 2 is 1.68 bits per heavy atom. The normalized spacial score (nSPS) is 11.1. The predicted octanol–water partition coefficient (Wildman–Crippen LogP) is 2.97. The van der Waals surface area contributed by atoms with Gasteiger partial charge in [-0.3, -0.25) is 9.59 Å². The van der Waals surface area contributed by atoms with Gasteiger partial charge < -0.3 is 9.88 Å². The Morgan fingerprint density at radius 1 is 1.16 bits per heavy atom. The molecule has 1 heterocycles. The van der Waals surface area contributed by atoms with Gasteiger partial charge in [-0.1, -0.05) is 27.7 Å². The highest BCUT2D eigenvalue weighted by molar-refractivity contribution is 5.99. The van der Waals surface area contributed by atoms with Crippen molar-refractivity contribution in [1.29, 1.82) is 0 Å². The summed E-state index contributed by atoms with van der Waals surface area (Å²) in [5.41, 5.74) is 1.05. The number of nitrogens with zero attached hydrogens (tertiary/aromatic N) is 1. The molecular weight excluding hydrogens is 240 g/mol. The Balaban J connectivity index is 2.87. The molecule has 0 aromatic carbocycles. The Bertz CT molecular complexity index is 437. The largest absolute Gasteiger partial charge is 0.356 e. The standard InChI is InChI=1S/C15H24N2O2/c1-10(2)8-17(9-11(3)4)15(19)14-6-13(7-16-14)12(5)18/h6-7,10-11,16H,8-9H2,1-5H3. The van der Waals surface area contributed by atoms with Crippen LogP contribution in [0.25, 0.3) is 0 Å². The molecule has 19 heavy (non-hydrogen) atoms. The zero-order chi connectivity index (χ0) is 14.6. The highest BCUT2D eigenvalue weighted by Crippen LogP contribution is 2.11. The van der Waals surface area contributed by atoms with E-state index in [4.69, 9.17) is 0 Å². The highest BCUT2D eigenvalue weighted by Gasteiger charge is 2.19. The summed E-state index contributed by atoms with van der Waals surface area (Å²) in [5.74, 6) is 0.777. The third kappa shape index (κ3) is 4.54. The Hall–Kier alpha value is -1.58. The molecule has 4 heteroatoms. The van der Waals surface area contributed by atoms with E-state index in [1.807, 2.05) is 4.90 Å². The number of H-pyrrole nitrogens is 1. The summed E-state index contributed by atoms with van der Waals surface area (Å²) in [6.45, 7) is 11.3. The van der Waals surface area contributed by atoms with Crippen molar-refractivity contribution in [2.45, 2.75) is 34.6 Å². The van der Waals surface area contributed by atoms with E-state index in [0.29, 0.717) is 23.1 Å². The van der Waals surface area contributed by atoms with Crippen LogP contribution in [0.5, 0.6) is 0 Å².